The average molecular weight is 445 g/mol. The highest BCUT2D eigenvalue weighted by Gasteiger charge is 2.27. The molecular weight excluding hydrogens is 422 g/mol. The van der Waals surface area contributed by atoms with E-state index in [9.17, 15) is 0 Å². The van der Waals surface area contributed by atoms with Gasteiger partial charge in [0.1, 0.15) is 0 Å². The Balaban J connectivity index is 1.39. The van der Waals surface area contributed by atoms with Gasteiger partial charge in [-0.05, 0) is 29.3 Å². The first kappa shape index (κ1) is 18.5. The SMILES string of the molecule is Brc1ccc2c(N3CCN(C(c4ccccc4)c4ccccc4)CC3)[c][nH]c2c1. The number of benzene rings is 3. The van der Waals surface area contributed by atoms with Crippen LogP contribution in [0.3, 0.4) is 0 Å². The van der Waals surface area contributed by atoms with Gasteiger partial charge < -0.3 is 9.88 Å². The molecular formula is C25H23BrN3. The Morgan fingerprint density at radius 1 is 0.793 bits per heavy atom. The molecule has 1 radical (unpaired) electrons. The van der Waals surface area contributed by atoms with Gasteiger partial charge >= 0.3 is 0 Å². The van der Waals surface area contributed by atoms with E-state index in [1.165, 1.54) is 22.2 Å². The molecule has 3 nitrogen and oxygen atoms in total. The van der Waals surface area contributed by atoms with Crippen LogP contribution in [0.15, 0.2) is 83.3 Å². The summed E-state index contributed by atoms with van der Waals surface area (Å²) < 4.78 is 1.09. The van der Waals surface area contributed by atoms with Gasteiger partial charge in [0.05, 0.1) is 17.9 Å². The van der Waals surface area contributed by atoms with Crippen LogP contribution in [0.2, 0.25) is 0 Å². The first-order valence-corrected chi connectivity index (χ1v) is 10.9. The molecule has 0 atom stereocenters. The predicted octanol–water partition coefficient (Wildman–Crippen LogP) is 5.64. The van der Waals surface area contributed by atoms with Crippen LogP contribution in [-0.2, 0) is 0 Å². The van der Waals surface area contributed by atoms with E-state index in [1.807, 2.05) is 0 Å². The van der Waals surface area contributed by atoms with Crippen molar-refractivity contribution in [3.63, 3.8) is 0 Å². The molecule has 5 rings (SSSR count). The van der Waals surface area contributed by atoms with Crippen molar-refractivity contribution >= 4 is 32.5 Å². The van der Waals surface area contributed by atoms with Crippen molar-refractivity contribution in [3.05, 3.63) is 101 Å². The predicted molar refractivity (Wildman–Crippen MR) is 123 cm³/mol. The lowest BCUT2D eigenvalue weighted by molar-refractivity contribution is 0.212. The summed E-state index contributed by atoms with van der Waals surface area (Å²) >= 11 is 3.55. The Hall–Kier alpha value is -2.56. The monoisotopic (exact) mass is 444 g/mol. The van der Waals surface area contributed by atoms with Gasteiger partial charge in [0.25, 0.3) is 0 Å². The van der Waals surface area contributed by atoms with Gasteiger partial charge in [0, 0.05) is 41.6 Å². The van der Waals surface area contributed by atoms with Crippen LogP contribution in [0, 0.1) is 6.20 Å². The second kappa shape index (κ2) is 8.05. The minimum atomic E-state index is 0.294. The van der Waals surface area contributed by atoms with Gasteiger partial charge in [-0.3, -0.25) is 4.90 Å². The summed E-state index contributed by atoms with van der Waals surface area (Å²) in [6, 6.07) is 28.4. The van der Waals surface area contributed by atoms with Crippen molar-refractivity contribution in [3.8, 4) is 0 Å². The number of hydrogen-bond donors (Lipinski definition) is 1. The van der Waals surface area contributed by atoms with Crippen LogP contribution in [-0.4, -0.2) is 36.1 Å². The first-order valence-electron chi connectivity index (χ1n) is 10.1. The molecule has 29 heavy (non-hydrogen) atoms. The molecule has 1 aromatic heterocycles. The van der Waals surface area contributed by atoms with E-state index in [0.29, 0.717) is 6.04 Å². The summed E-state index contributed by atoms with van der Waals surface area (Å²) in [6.45, 7) is 4.03. The van der Waals surface area contributed by atoms with E-state index in [-0.39, 0.29) is 0 Å². The normalized spacial score (nSPS) is 15.3. The number of H-pyrrole nitrogens is 1. The third kappa shape index (κ3) is 3.70. The number of nitrogens with zero attached hydrogens (tertiary/aromatic N) is 2. The molecule has 0 unspecified atom stereocenters. The highest BCUT2D eigenvalue weighted by molar-refractivity contribution is 9.10. The Morgan fingerprint density at radius 3 is 2.03 bits per heavy atom. The molecule has 0 saturated carbocycles. The number of nitrogens with one attached hydrogen (secondary N) is 1. The van der Waals surface area contributed by atoms with Crippen LogP contribution in [0.1, 0.15) is 17.2 Å². The van der Waals surface area contributed by atoms with Crippen molar-refractivity contribution in [1.29, 1.82) is 0 Å². The number of aromatic amines is 1. The molecule has 145 valence electrons. The van der Waals surface area contributed by atoms with Crippen molar-refractivity contribution in [2.45, 2.75) is 6.04 Å². The van der Waals surface area contributed by atoms with Gasteiger partial charge in [-0.15, -0.1) is 0 Å². The molecule has 0 amide bonds. The van der Waals surface area contributed by atoms with E-state index < -0.39 is 0 Å². The van der Waals surface area contributed by atoms with Crippen molar-refractivity contribution < 1.29 is 0 Å². The molecule has 1 N–H and O–H groups in total. The third-order valence-corrected chi connectivity index (χ3v) is 6.27. The lowest BCUT2D eigenvalue weighted by Crippen LogP contribution is -2.48. The topological polar surface area (TPSA) is 22.3 Å². The van der Waals surface area contributed by atoms with Crippen LogP contribution in [0.25, 0.3) is 10.9 Å². The first-order chi connectivity index (χ1) is 14.3. The maximum Gasteiger partial charge on any atom is 0.0890 e. The highest BCUT2D eigenvalue weighted by Crippen LogP contribution is 2.32. The zero-order valence-electron chi connectivity index (χ0n) is 16.2. The number of fused-ring (bicyclic) bond motifs is 1. The summed E-state index contributed by atoms with van der Waals surface area (Å²) in [5.74, 6) is 0. The lowest BCUT2D eigenvalue weighted by Gasteiger charge is -2.40. The lowest BCUT2D eigenvalue weighted by atomic mass is 9.96. The molecule has 3 aromatic carbocycles. The quantitative estimate of drug-likeness (QED) is 0.439. The van der Waals surface area contributed by atoms with E-state index in [4.69, 9.17) is 0 Å². The van der Waals surface area contributed by atoms with Gasteiger partial charge in [-0.1, -0.05) is 76.6 Å². The van der Waals surface area contributed by atoms with E-state index >= 15 is 0 Å². The number of hydrogen-bond acceptors (Lipinski definition) is 2. The summed E-state index contributed by atoms with van der Waals surface area (Å²) in [5, 5.41) is 1.24. The molecule has 0 aliphatic carbocycles. The smallest absolute Gasteiger partial charge is 0.0890 e. The number of halogens is 1. The zero-order chi connectivity index (χ0) is 19.6. The molecule has 1 fully saturated rings. The Kier molecular flexibility index (Phi) is 5.13. The minimum Gasteiger partial charge on any atom is -0.367 e. The summed E-state index contributed by atoms with van der Waals surface area (Å²) in [7, 11) is 0. The van der Waals surface area contributed by atoms with Gasteiger partial charge in [-0.2, -0.15) is 0 Å². The summed E-state index contributed by atoms with van der Waals surface area (Å²) in [5.41, 5.74) is 5.03. The van der Waals surface area contributed by atoms with Crippen molar-refractivity contribution in [2.75, 3.05) is 31.1 Å². The fourth-order valence-electron chi connectivity index (χ4n) is 4.36. The molecule has 4 heteroatoms. The second-order valence-corrected chi connectivity index (χ2v) is 8.45. The minimum absolute atomic E-state index is 0.294. The molecule has 0 bridgehead atoms. The molecule has 0 spiro atoms. The fourth-order valence-corrected chi connectivity index (χ4v) is 4.72. The maximum atomic E-state index is 3.55. The van der Waals surface area contributed by atoms with Gasteiger partial charge in [-0.25, -0.2) is 0 Å². The van der Waals surface area contributed by atoms with E-state index in [2.05, 4.69) is 116 Å². The third-order valence-electron chi connectivity index (χ3n) is 5.78. The molecule has 1 saturated heterocycles. The average Bonchev–Trinajstić information content (AvgIpc) is 3.19. The largest absolute Gasteiger partial charge is 0.367 e. The van der Waals surface area contributed by atoms with Crippen molar-refractivity contribution in [1.82, 2.24) is 9.88 Å². The highest BCUT2D eigenvalue weighted by atomic mass is 79.9. The van der Waals surface area contributed by atoms with Crippen LogP contribution in [0.4, 0.5) is 5.69 Å². The standard InChI is InChI=1S/C25H23BrN3/c26-21-11-12-22-23(17-21)27-18-24(22)28-13-15-29(16-14-28)25(19-7-3-1-4-8-19)20-9-5-2-6-10-20/h1-12,17,25,27H,13-16H2. The van der Waals surface area contributed by atoms with Crippen molar-refractivity contribution in [2.24, 2.45) is 0 Å². The van der Waals surface area contributed by atoms with E-state index in [1.54, 1.807) is 0 Å². The van der Waals surface area contributed by atoms with Crippen LogP contribution < -0.4 is 4.90 Å². The Labute approximate surface area is 180 Å². The second-order valence-electron chi connectivity index (χ2n) is 7.54. The number of aromatic nitrogens is 1. The summed E-state index contributed by atoms with van der Waals surface area (Å²) in [4.78, 5) is 8.36. The van der Waals surface area contributed by atoms with E-state index in [0.717, 1.165) is 36.2 Å². The molecule has 2 heterocycles. The number of rotatable bonds is 4. The number of anilines is 1. The van der Waals surface area contributed by atoms with Gasteiger partial charge in [0.2, 0.25) is 0 Å². The van der Waals surface area contributed by atoms with Crippen LogP contribution in [0.5, 0.6) is 0 Å². The fraction of sp³-hybridized carbons (Fsp3) is 0.200. The molecule has 1 aliphatic heterocycles. The van der Waals surface area contributed by atoms with Crippen LogP contribution >= 0.6 is 15.9 Å². The maximum absolute atomic E-state index is 3.55. The molecule has 1 aliphatic rings. The Morgan fingerprint density at radius 2 is 1.41 bits per heavy atom. The van der Waals surface area contributed by atoms with Gasteiger partial charge in [0.15, 0.2) is 0 Å². The zero-order valence-corrected chi connectivity index (χ0v) is 17.8. The number of piperazine rings is 1. The Bertz CT molecular complexity index is 1040. The summed E-state index contributed by atoms with van der Waals surface area (Å²) in [6.07, 6.45) is 3.38. The molecule has 4 aromatic rings.